The molecule has 0 atom stereocenters. The summed E-state index contributed by atoms with van der Waals surface area (Å²) in [6.45, 7) is 0. The molecule has 0 fully saturated rings. The summed E-state index contributed by atoms with van der Waals surface area (Å²) >= 11 is 6.82. The number of nitriles is 2. The van der Waals surface area contributed by atoms with Crippen LogP contribution in [0.1, 0.15) is 6.42 Å². The van der Waals surface area contributed by atoms with E-state index in [0.29, 0.717) is 16.5 Å². The topological polar surface area (TPSA) is 47.6 Å². The van der Waals surface area contributed by atoms with Crippen molar-refractivity contribution in [2.45, 2.75) is 6.42 Å². The van der Waals surface area contributed by atoms with Crippen molar-refractivity contribution in [3.63, 3.8) is 0 Å². The molecule has 0 aromatic rings. The Bertz CT molecular complexity index is 199. The maximum Gasteiger partial charge on any atom is 0.0933 e. The van der Waals surface area contributed by atoms with Crippen molar-refractivity contribution in [1.29, 1.82) is 10.5 Å². The van der Waals surface area contributed by atoms with E-state index in [4.69, 9.17) is 22.1 Å². The van der Waals surface area contributed by atoms with Crippen LogP contribution in [0.25, 0.3) is 0 Å². The van der Waals surface area contributed by atoms with Gasteiger partial charge in [-0.2, -0.15) is 10.5 Å². The smallest absolute Gasteiger partial charge is 0.0933 e. The van der Waals surface area contributed by atoms with Crippen LogP contribution in [-0.4, -0.2) is 5.75 Å². The third kappa shape index (κ3) is 5.50. The van der Waals surface area contributed by atoms with Crippen LogP contribution in [0.3, 0.4) is 0 Å². The average Bonchev–Trinajstić information content (AvgIpc) is 1.89. The molecule has 0 aliphatic heterocycles. The van der Waals surface area contributed by atoms with E-state index in [1.54, 1.807) is 6.07 Å². The molecule has 52 valence electrons. The molecule has 0 spiro atoms. The first-order chi connectivity index (χ1) is 4.81. The Morgan fingerprint density at radius 3 is 2.80 bits per heavy atom. The van der Waals surface area contributed by atoms with E-state index in [9.17, 15) is 0 Å². The third-order valence-electron chi connectivity index (χ3n) is 0.632. The van der Waals surface area contributed by atoms with E-state index in [-0.39, 0.29) is 0 Å². The summed E-state index contributed by atoms with van der Waals surface area (Å²) in [5.41, 5.74) is 0. The van der Waals surface area contributed by atoms with Gasteiger partial charge in [0.2, 0.25) is 0 Å². The van der Waals surface area contributed by atoms with Gasteiger partial charge >= 0.3 is 0 Å². The standard InChI is InChI=1S/C6H5ClN2S/c7-6(2-4-9)10-5-1-3-8/h2H,1,5H2/b6-2+. The van der Waals surface area contributed by atoms with Gasteiger partial charge in [0.25, 0.3) is 0 Å². The van der Waals surface area contributed by atoms with Crippen molar-refractivity contribution in [2.75, 3.05) is 5.75 Å². The van der Waals surface area contributed by atoms with Crippen molar-refractivity contribution in [3.05, 3.63) is 10.4 Å². The molecule has 0 unspecified atom stereocenters. The molecule has 0 N–H and O–H groups in total. The largest absolute Gasteiger partial charge is 0.198 e. The van der Waals surface area contributed by atoms with Gasteiger partial charge in [-0.05, 0) is 0 Å². The Morgan fingerprint density at radius 1 is 1.60 bits per heavy atom. The molecular formula is C6H5ClN2S. The summed E-state index contributed by atoms with van der Waals surface area (Å²) in [4.78, 5) is 0. The maximum atomic E-state index is 8.12. The first-order valence-corrected chi connectivity index (χ1v) is 3.92. The third-order valence-corrected chi connectivity index (χ3v) is 1.87. The van der Waals surface area contributed by atoms with Crippen LogP contribution in [-0.2, 0) is 0 Å². The second-order valence-corrected chi connectivity index (χ2v) is 3.10. The fourth-order valence-corrected chi connectivity index (χ4v) is 1.09. The Hall–Kier alpha value is -0.640. The van der Waals surface area contributed by atoms with Crippen molar-refractivity contribution >= 4 is 23.4 Å². The summed E-state index contributed by atoms with van der Waals surface area (Å²) in [5, 5.41) is 16.2. The normalized spacial score (nSPS) is 10.1. The molecule has 0 heterocycles. The second-order valence-electron chi connectivity index (χ2n) is 1.33. The van der Waals surface area contributed by atoms with Crippen molar-refractivity contribution in [2.24, 2.45) is 0 Å². The minimum atomic E-state index is 0.442. The lowest BCUT2D eigenvalue weighted by Crippen LogP contribution is -1.72. The minimum absolute atomic E-state index is 0.442. The number of rotatable bonds is 3. The first kappa shape index (κ1) is 9.36. The van der Waals surface area contributed by atoms with E-state index < -0.39 is 0 Å². The predicted octanol–water partition coefficient (Wildman–Crippen LogP) is 2.24. The summed E-state index contributed by atoms with van der Waals surface area (Å²) in [5.74, 6) is 0.646. The highest BCUT2D eigenvalue weighted by molar-refractivity contribution is 8.04. The summed E-state index contributed by atoms with van der Waals surface area (Å²) in [6, 6.07) is 3.77. The van der Waals surface area contributed by atoms with Crippen LogP contribution in [0.5, 0.6) is 0 Å². The van der Waals surface area contributed by atoms with Crippen LogP contribution in [0, 0.1) is 22.7 Å². The van der Waals surface area contributed by atoms with Gasteiger partial charge < -0.3 is 0 Å². The number of halogens is 1. The maximum absolute atomic E-state index is 8.12. The van der Waals surface area contributed by atoms with Crippen molar-refractivity contribution in [3.8, 4) is 12.1 Å². The zero-order chi connectivity index (χ0) is 7.82. The fraction of sp³-hybridized carbons (Fsp3) is 0.333. The molecule has 0 saturated carbocycles. The molecule has 4 heteroatoms. The van der Waals surface area contributed by atoms with E-state index in [1.165, 1.54) is 17.8 Å². The minimum Gasteiger partial charge on any atom is -0.198 e. The zero-order valence-electron chi connectivity index (χ0n) is 5.17. The van der Waals surface area contributed by atoms with Gasteiger partial charge in [0.05, 0.1) is 16.5 Å². The van der Waals surface area contributed by atoms with E-state index in [1.807, 2.05) is 6.07 Å². The molecule has 0 saturated heterocycles. The van der Waals surface area contributed by atoms with Crippen molar-refractivity contribution < 1.29 is 0 Å². The van der Waals surface area contributed by atoms with Gasteiger partial charge in [0, 0.05) is 18.2 Å². The highest BCUT2D eigenvalue weighted by Gasteiger charge is 1.90. The Morgan fingerprint density at radius 2 is 2.30 bits per heavy atom. The molecule has 0 bridgehead atoms. The van der Waals surface area contributed by atoms with Crippen LogP contribution in [0.4, 0.5) is 0 Å². The molecule has 2 nitrogen and oxygen atoms in total. The molecule has 0 aliphatic rings. The second kappa shape index (κ2) is 6.48. The van der Waals surface area contributed by atoms with Crippen LogP contribution >= 0.6 is 23.4 Å². The lowest BCUT2D eigenvalue weighted by atomic mass is 10.6. The average molecular weight is 173 g/mol. The number of hydrogen-bond acceptors (Lipinski definition) is 3. The van der Waals surface area contributed by atoms with E-state index in [0.717, 1.165) is 0 Å². The molecule has 0 aromatic carbocycles. The number of nitrogens with zero attached hydrogens (tertiary/aromatic N) is 2. The summed E-state index contributed by atoms with van der Waals surface area (Å²) < 4.78 is 0.442. The predicted molar refractivity (Wildman–Crippen MR) is 42.2 cm³/mol. The van der Waals surface area contributed by atoms with Crippen LogP contribution in [0.15, 0.2) is 10.4 Å². The molecule has 10 heavy (non-hydrogen) atoms. The lowest BCUT2D eigenvalue weighted by molar-refractivity contribution is 1.24. The van der Waals surface area contributed by atoms with E-state index >= 15 is 0 Å². The zero-order valence-corrected chi connectivity index (χ0v) is 6.74. The fourth-order valence-electron chi connectivity index (χ4n) is 0.287. The van der Waals surface area contributed by atoms with Crippen molar-refractivity contribution in [1.82, 2.24) is 0 Å². The molecular weight excluding hydrogens is 168 g/mol. The Balaban J connectivity index is 3.44. The highest BCUT2D eigenvalue weighted by atomic mass is 35.5. The number of hydrogen-bond donors (Lipinski definition) is 0. The molecule has 0 radical (unpaired) electrons. The number of thioether (sulfide) groups is 1. The monoisotopic (exact) mass is 172 g/mol. The quantitative estimate of drug-likeness (QED) is 0.485. The molecule has 0 rings (SSSR count). The van der Waals surface area contributed by atoms with Gasteiger partial charge in [0.1, 0.15) is 0 Å². The Labute approximate surface area is 69.1 Å². The molecule has 0 aliphatic carbocycles. The van der Waals surface area contributed by atoms with Crippen LogP contribution in [0.2, 0.25) is 0 Å². The highest BCUT2D eigenvalue weighted by Crippen LogP contribution is 2.19. The first-order valence-electron chi connectivity index (χ1n) is 2.56. The van der Waals surface area contributed by atoms with Gasteiger partial charge in [-0.3, -0.25) is 0 Å². The SMILES string of the molecule is N#C/C=C(\Cl)SCCC#N. The lowest BCUT2D eigenvalue weighted by Gasteiger charge is -1.90. The van der Waals surface area contributed by atoms with Gasteiger partial charge in [0.15, 0.2) is 0 Å². The van der Waals surface area contributed by atoms with Gasteiger partial charge in [-0.1, -0.05) is 11.6 Å². The number of allylic oxidation sites excluding steroid dienone is 1. The molecule has 0 aromatic heterocycles. The molecule has 0 amide bonds. The van der Waals surface area contributed by atoms with Crippen LogP contribution < -0.4 is 0 Å². The van der Waals surface area contributed by atoms with Gasteiger partial charge in [-0.25, -0.2) is 0 Å². The van der Waals surface area contributed by atoms with Gasteiger partial charge in [-0.15, -0.1) is 11.8 Å². The van der Waals surface area contributed by atoms with E-state index in [2.05, 4.69) is 0 Å². The summed E-state index contributed by atoms with van der Waals surface area (Å²) in [6.07, 6.45) is 1.71. The Kier molecular flexibility index (Phi) is 6.06. The summed E-state index contributed by atoms with van der Waals surface area (Å²) in [7, 11) is 0.